The Balaban J connectivity index is 1.98. The lowest BCUT2D eigenvalue weighted by atomic mass is 10.0. The van der Waals surface area contributed by atoms with Crippen molar-refractivity contribution in [2.75, 3.05) is 6.54 Å². The lowest BCUT2D eigenvalue weighted by molar-refractivity contribution is -0.142. The fourth-order valence-corrected chi connectivity index (χ4v) is 2.71. The number of carbonyl (C=O) groups is 2. The highest BCUT2D eigenvalue weighted by atomic mass is 16.4. The zero-order valence-electron chi connectivity index (χ0n) is 9.85. The summed E-state index contributed by atoms with van der Waals surface area (Å²) in [6, 6.07) is 0.322. The largest absolute Gasteiger partial charge is 0.481 e. The number of nitrogens with zero attached hydrogens (tertiary/aromatic N) is 1. The minimum Gasteiger partial charge on any atom is -0.481 e. The molecule has 4 nitrogen and oxygen atoms in total. The third-order valence-electron chi connectivity index (χ3n) is 3.78. The minimum atomic E-state index is -0.821. The molecule has 16 heavy (non-hydrogen) atoms. The van der Waals surface area contributed by atoms with Gasteiger partial charge in [0.25, 0.3) is 0 Å². The summed E-state index contributed by atoms with van der Waals surface area (Å²) in [5.74, 6) is -0.937. The van der Waals surface area contributed by atoms with Crippen molar-refractivity contribution < 1.29 is 14.7 Å². The first-order valence-electron chi connectivity index (χ1n) is 6.05. The third-order valence-corrected chi connectivity index (χ3v) is 3.78. The zero-order chi connectivity index (χ0) is 11.9. The number of aliphatic carboxylic acids is 1. The van der Waals surface area contributed by atoms with Gasteiger partial charge in [-0.3, -0.25) is 9.59 Å². The third kappa shape index (κ3) is 1.93. The molecule has 1 aliphatic heterocycles. The fourth-order valence-electron chi connectivity index (χ4n) is 2.71. The van der Waals surface area contributed by atoms with Crippen molar-refractivity contribution >= 4 is 11.9 Å². The molecule has 1 amide bonds. The van der Waals surface area contributed by atoms with E-state index in [1.807, 2.05) is 4.90 Å². The highest BCUT2D eigenvalue weighted by molar-refractivity contribution is 5.89. The molecule has 3 atom stereocenters. The Morgan fingerprint density at radius 1 is 1.31 bits per heavy atom. The molecule has 0 aromatic rings. The van der Waals surface area contributed by atoms with Crippen LogP contribution in [0.5, 0.6) is 0 Å². The van der Waals surface area contributed by atoms with Crippen molar-refractivity contribution in [3.8, 4) is 0 Å². The maximum atomic E-state index is 12.1. The SMILES string of the molecule is CC(C)C1CCCN1C(=O)C1CC1C(=O)O. The molecular weight excluding hydrogens is 206 g/mol. The van der Waals surface area contributed by atoms with Gasteiger partial charge in [-0.1, -0.05) is 13.8 Å². The molecule has 1 saturated carbocycles. The lowest BCUT2D eigenvalue weighted by Crippen LogP contribution is -2.39. The number of hydrogen-bond donors (Lipinski definition) is 1. The molecule has 0 aromatic carbocycles. The Labute approximate surface area is 95.6 Å². The molecule has 1 heterocycles. The normalized spacial score (nSPS) is 33.2. The van der Waals surface area contributed by atoms with Gasteiger partial charge in [0.2, 0.25) is 5.91 Å². The van der Waals surface area contributed by atoms with E-state index < -0.39 is 11.9 Å². The molecule has 0 bridgehead atoms. The number of amides is 1. The molecule has 2 fully saturated rings. The summed E-state index contributed by atoms with van der Waals surface area (Å²) >= 11 is 0. The van der Waals surface area contributed by atoms with Crippen LogP contribution in [0.1, 0.15) is 33.1 Å². The molecule has 0 spiro atoms. The molecular formula is C12H19NO3. The van der Waals surface area contributed by atoms with Gasteiger partial charge in [-0.05, 0) is 25.2 Å². The van der Waals surface area contributed by atoms with Crippen LogP contribution in [0.4, 0.5) is 0 Å². The molecule has 0 radical (unpaired) electrons. The number of rotatable bonds is 3. The van der Waals surface area contributed by atoms with Crippen molar-refractivity contribution in [3.63, 3.8) is 0 Å². The van der Waals surface area contributed by atoms with E-state index in [0.29, 0.717) is 18.4 Å². The van der Waals surface area contributed by atoms with Crippen LogP contribution >= 0.6 is 0 Å². The van der Waals surface area contributed by atoms with Crippen LogP contribution in [0, 0.1) is 17.8 Å². The number of carboxylic acid groups (broad SMARTS) is 1. The predicted molar refractivity (Wildman–Crippen MR) is 58.8 cm³/mol. The summed E-state index contributed by atoms with van der Waals surface area (Å²) in [4.78, 5) is 24.8. The Kier molecular flexibility index (Phi) is 2.91. The summed E-state index contributed by atoms with van der Waals surface area (Å²) in [6.45, 7) is 5.06. The van der Waals surface area contributed by atoms with Crippen LogP contribution in [0.15, 0.2) is 0 Å². The van der Waals surface area contributed by atoms with Crippen LogP contribution < -0.4 is 0 Å². The summed E-state index contributed by atoms with van der Waals surface area (Å²) in [6.07, 6.45) is 2.66. The summed E-state index contributed by atoms with van der Waals surface area (Å²) in [5.41, 5.74) is 0. The number of hydrogen-bond acceptors (Lipinski definition) is 2. The molecule has 1 N–H and O–H groups in total. The number of carboxylic acids is 1. The maximum Gasteiger partial charge on any atom is 0.307 e. The molecule has 0 aromatic heterocycles. The van der Waals surface area contributed by atoms with Crippen molar-refractivity contribution in [1.82, 2.24) is 4.90 Å². The first-order valence-corrected chi connectivity index (χ1v) is 6.05. The second-order valence-corrected chi connectivity index (χ2v) is 5.27. The average Bonchev–Trinajstić information content (AvgIpc) is 2.86. The second-order valence-electron chi connectivity index (χ2n) is 5.27. The van der Waals surface area contributed by atoms with E-state index in [1.165, 1.54) is 0 Å². The minimum absolute atomic E-state index is 0.0728. The van der Waals surface area contributed by atoms with Gasteiger partial charge in [-0.25, -0.2) is 0 Å². The first kappa shape index (κ1) is 11.4. The van der Waals surface area contributed by atoms with Crippen LogP contribution in [-0.4, -0.2) is 34.5 Å². The van der Waals surface area contributed by atoms with E-state index in [0.717, 1.165) is 19.4 Å². The molecule has 90 valence electrons. The van der Waals surface area contributed by atoms with Gasteiger partial charge in [0.1, 0.15) is 0 Å². The average molecular weight is 225 g/mol. The molecule has 1 saturated heterocycles. The molecule has 3 unspecified atom stereocenters. The fraction of sp³-hybridized carbons (Fsp3) is 0.833. The number of carbonyl (C=O) groups excluding carboxylic acids is 1. The van der Waals surface area contributed by atoms with E-state index >= 15 is 0 Å². The molecule has 1 aliphatic carbocycles. The maximum absolute atomic E-state index is 12.1. The molecule has 2 rings (SSSR count). The molecule has 4 heteroatoms. The van der Waals surface area contributed by atoms with E-state index in [9.17, 15) is 9.59 Å². The van der Waals surface area contributed by atoms with Gasteiger partial charge in [-0.15, -0.1) is 0 Å². The van der Waals surface area contributed by atoms with E-state index in [4.69, 9.17) is 5.11 Å². The first-order chi connectivity index (χ1) is 7.52. The monoisotopic (exact) mass is 225 g/mol. The van der Waals surface area contributed by atoms with Crippen LogP contribution in [0.25, 0.3) is 0 Å². The van der Waals surface area contributed by atoms with Crippen LogP contribution in [0.3, 0.4) is 0 Å². The Morgan fingerprint density at radius 3 is 2.50 bits per heavy atom. The summed E-state index contributed by atoms with van der Waals surface area (Å²) < 4.78 is 0. The Hall–Kier alpha value is -1.06. The van der Waals surface area contributed by atoms with Crippen LogP contribution in [0.2, 0.25) is 0 Å². The lowest BCUT2D eigenvalue weighted by Gasteiger charge is -2.27. The Bertz CT molecular complexity index is 313. The zero-order valence-corrected chi connectivity index (χ0v) is 9.85. The van der Waals surface area contributed by atoms with Gasteiger partial charge in [0.05, 0.1) is 11.8 Å². The summed E-state index contributed by atoms with van der Waals surface area (Å²) in [7, 11) is 0. The topological polar surface area (TPSA) is 57.6 Å². The standard InChI is InChI=1S/C12H19NO3/c1-7(2)10-4-3-5-13(10)11(14)8-6-9(8)12(15)16/h7-10H,3-6H2,1-2H3,(H,15,16). The Morgan fingerprint density at radius 2 is 2.00 bits per heavy atom. The smallest absolute Gasteiger partial charge is 0.307 e. The second kappa shape index (κ2) is 4.07. The predicted octanol–water partition coefficient (Wildman–Crippen LogP) is 1.35. The van der Waals surface area contributed by atoms with Gasteiger partial charge >= 0.3 is 5.97 Å². The van der Waals surface area contributed by atoms with E-state index in [1.54, 1.807) is 0 Å². The summed E-state index contributed by atoms with van der Waals surface area (Å²) in [5, 5.41) is 8.82. The quantitative estimate of drug-likeness (QED) is 0.788. The van der Waals surface area contributed by atoms with Crippen molar-refractivity contribution in [2.24, 2.45) is 17.8 Å². The van der Waals surface area contributed by atoms with Gasteiger partial charge < -0.3 is 10.0 Å². The van der Waals surface area contributed by atoms with Crippen molar-refractivity contribution in [1.29, 1.82) is 0 Å². The van der Waals surface area contributed by atoms with E-state index in [2.05, 4.69) is 13.8 Å². The highest BCUT2D eigenvalue weighted by Gasteiger charge is 2.51. The van der Waals surface area contributed by atoms with Gasteiger partial charge in [-0.2, -0.15) is 0 Å². The van der Waals surface area contributed by atoms with Gasteiger partial charge in [0, 0.05) is 12.6 Å². The van der Waals surface area contributed by atoms with Gasteiger partial charge in [0.15, 0.2) is 0 Å². The van der Waals surface area contributed by atoms with Crippen molar-refractivity contribution in [3.05, 3.63) is 0 Å². The van der Waals surface area contributed by atoms with E-state index in [-0.39, 0.29) is 11.8 Å². The number of likely N-dealkylation sites (tertiary alicyclic amines) is 1. The van der Waals surface area contributed by atoms with Crippen molar-refractivity contribution in [2.45, 2.75) is 39.2 Å². The van der Waals surface area contributed by atoms with Crippen LogP contribution in [-0.2, 0) is 9.59 Å². The molecule has 2 aliphatic rings. The highest BCUT2D eigenvalue weighted by Crippen LogP contribution is 2.41.